The number of nitrogens with zero attached hydrogens (tertiary/aromatic N) is 3. The van der Waals surface area contributed by atoms with Crippen molar-refractivity contribution in [1.29, 1.82) is 0 Å². The number of nitrogens with one attached hydrogen (secondary N) is 1. The molecular formula is C17H17ClN4O3. The van der Waals surface area contributed by atoms with Crippen molar-refractivity contribution >= 4 is 11.6 Å². The number of H-pyrrole nitrogens is 1. The predicted molar refractivity (Wildman–Crippen MR) is 93.1 cm³/mol. The normalized spacial score (nSPS) is 11.0. The third-order valence-corrected chi connectivity index (χ3v) is 4.27. The Kier molecular flexibility index (Phi) is 4.85. The number of aromatic amines is 1. The molecule has 8 heteroatoms. The topological polar surface area (TPSA) is 93.8 Å². The van der Waals surface area contributed by atoms with Gasteiger partial charge in [0.2, 0.25) is 5.89 Å². The molecule has 2 heterocycles. The van der Waals surface area contributed by atoms with Gasteiger partial charge in [0.25, 0.3) is 5.56 Å². The number of halogens is 1. The summed E-state index contributed by atoms with van der Waals surface area (Å²) in [5, 5.41) is 4.59. The molecule has 0 amide bonds. The minimum absolute atomic E-state index is 0.0523. The molecule has 25 heavy (non-hydrogen) atoms. The molecule has 1 aromatic carbocycles. The summed E-state index contributed by atoms with van der Waals surface area (Å²) in [5.41, 5.74) is 1.30. The van der Waals surface area contributed by atoms with E-state index in [0.29, 0.717) is 28.5 Å². The molecule has 130 valence electrons. The Balaban J connectivity index is 1.72. The summed E-state index contributed by atoms with van der Waals surface area (Å²) < 4.78 is 6.22. The van der Waals surface area contributed by atoms with Crippen LogP contribution in [0.1, 0.15) is 28.5 Å². The highest BCUT2D eigenvalue weighted by atomic mass is 35.5. The average molecular weight is 361 g/mol. The van der Waals surface area contributed by atoms with Gasteiger partial charge in [-0.2, -0.15) is 4.98 Å². The van der Waals surface area contributed by atoms with Crippen LogP contribution in [0.15, 0.2) is 38.4 Å². The van der Waals surface area contributed by atoms with Gasteiger partial charge < -0.3 is 9.51 Å². The van der Waals surface area contributed by atoms with E-state index >= 15 is 0 Å². The highest BCUT2D eigenvalue weighted by Gasteiger charge is 2.12. The van der Waals surface area contributed by atoms with E-state index in [4.69, 9.17) is 16.1 Å². The quantitative estimate of drug-likeness (QED) is 0.751. The van der Waals surface area contributed by atoms with E-state index in [1.807, 2.05) is 24.3 Å². The molecule has 3 aromatic rings. The van der Waals surface area contributed by atoms with Gasteiger partial charge in [-0.15, -0.1) is 0 Å². The number of aryl methyl sites for hydroxylation is 3. The maximum atomic E-state index is 12.2. The summed E-state index contributed by atoms with van der Waals surface area (Å²) >= 11 is 5.86. The van der Waals surface area contributed by atoms with Crippen molar-refractivity contribution in [3.8, 4) is 0 Å². The second kappa shape index (κ2) is 7.06. The van der Waals surface area contributed by atoms with Crippen LogP contribution in [-0.4, -0.2) is 19.7 Å². The molecule has 2 aromatic heterocycles. The molecule has 0 saturated heterocycles. The van der Waals surface area contributed by atoms with Crippen LogP contribution in [0.5, 0.6) is 0 Å². The summed E-state index contributed by atoms with van der Waals surface area (Å²) in [6, 6.07) is 7.54. The third kappa shape index (κ3) is 3.88. The van der Waals surface area contributed by atoms with Gasteiger partial charge in [-0.1, -0.05) is 28.9 Å². The van der Waals surface area contributed by atoms with Crippen molar-refractivity contribution in [3.05, 3.63) is 78.7 Å². The Morgan fingerprint density at radius 2 is 1.88 bits per heavy atom. The van der Waals surface area contributed by atoms with Gasteiger partial charge in [-0.3, -0.25) is 9.36 Å². The molecule has 0 bridgehead atoms. The molecule has 1 N–H and O–H groups in total. The first-order valence-corrected chi connectivity index (χ1v) is 8.18. The van der Waals surface area contributed by atoms with E-state index in [-0.39, 0.29) is 18.0 Å². The second-order valence-electron chi connectivity index (χ2n) is 5.80. The van der Waals surface area contributed by atoms with E-state index < -0.39 is 5.69 Å². The first-order valence-electron chi connectivity index (χ1n) is 7.80. The lowest BCUT2D eigenvalue weighted by Crippen LogP contribution is -2.37. The lowest BCUT2D eigenvalue weighted by Gasteiger charge is -2.04. The predicted octanol–water partition coefficient (Wildman–Crippen LogP) is 2.02. The second-order valence-corrected chi connectivity index (χ2v) is 6.24. The lowest BCUT2D eigenvalue weighted by molar-refractivity contribution is 0.362. The highest BCUT2D eigenvalue weighted by molar-refractivity contribution is 6.30. The van der Waals surface area contributed by atoms with Crippen LogP contribution in [-0.2, 0) is 19.4 Å². The number of hydrogen-bond donors (Lipinski definition) is 1. The molecular weight excluding hydrogens is 344 g/mol. The van der Waals surface area contributed by atoms with Gasteiger partial charge in [-0.05, 0) is 38.0 Å². The standard InChI is InChI=1S/C17H17ClN4O3/c1-10-11(2)19-17(24)22(16(10)23)9-15-20-14(21-25-15)8-5-12-3-6-13(18)7-4-12/h3-4,6-7H,5,8-9H2,1-2H3,(H,19,24). The Morgan fingerprint density at radius 3 is 2.60 bits per heavy atom. The van der Waals surface area contributed by atoms with Crippen LogP contribution in [0.4, 0.5) is 0 Å². The number of aromatic nitrogens is 4. The molecule has 3 rings (SSSR count). The zero-order valence-corrected chi connectivity index (χ0v) is 14.6. The van der Waals surface area contributed by atoms with Crippen molar-refractivity contribution in [2.75, 3.05) is 0 Å². The lowest BCUT2D eigenvalue weighted by atomic mass is 10.1. The largest absolute Gasteiger partial charge is 0.337 e. The molecule has 0 atom stereocenters. The van der Waals surface area contributed by atoms with E-state index in [2.05, 4.69) is 15.1 Å². The molecule has 0 spiro atoms. The smallest absolute Gasteiger partial charge is 0.329 e. The molecule has 0 unspecified atom stereocenters. The van der Waals surface area contributed by atoms with E-state index in [1.165, 1.54) is 0 Å². The van der Waals surface area contributed by atoms with Gasteiger partial charge in [-0.25, -0.2) is 4.79 Å². The molecule has 0 aliphatic heterocycles. The monoisotopic (exact) mass is 360 g/mol. The maximum absolute atomic E-state index is 12.2. The van der Waals surface area contributed by atoms with Crippen molar-refractivity contribution in [3.63, 3.8) is 0 Å². The summed E-state index contributed by atoms with van der Waals surface area (Å²) in [6.45, 7) is 3.29. The molecule has 0 radical (unpaired) electrons. The fourth-order valence-corrected chi connectivity index (χ4v) is 2.54. The summed E-state index contributed by atoms with van der Waals surface area (Å²) in [6.07, 6.45) is 1.32. The van der Waals surface area contributed by atoms with Crippen LogP contribution in [0.2, 0.25) is 5.02 Å². The van der Waals surface area contributed by atoms with Crippen LogP contribution >= 0.6 is 11.6 Å². The van der Waals surface area contributed by atoms with Crippen LogP contribution in [0, 0.1) is 13.8 Å². The van der Waals surface area contributed by atoms with E-state index in [9.17, 15) is 9.59 Å². The Hall–Kier alpha value is -2.67. The first kappa shape index (κ1) is 17.2. The zero-order valence-electron chi connectivity index (χ0n) is 13.9. The zero-order chi connectivity index (χ0) is 18.0. The van der Waals surface area contributed by atoms with Gasteiger partial charge >= 0.3 is 5.69 Å². The van der Waals surface area contributed by atoms with Crippen molar-refractivity contribution in [2.24, 2.45) is 0 Å². The fourth-order valence-electron chi connectivity index (χ4n) is 2.42. The molecule has 0 saturated carbocycles. The SMILES string of the molecule is Cc1[nH]c(=O)n(Cc2nc(CCc3ccc(Cl)cc3)no2)c(=O)c1C. The fraction of sp³-hybridized carbons (Fsp3) is 0.294. The van der Waals surface area contributed by atoms with E-state index in [1.54, 1.807) is 13.8 Å². The van der Waals surface area contributed by atoms with Gasteiger partial charge in [0.1, 0.15) is 6.54 Å². The van der Waals surface area contributed by atoms with Crippen molar-refractivity contribution in [2.45, 2.75) is 33.2 Å². The molecule has 0 fully saturated rings. The van der Waals surface area contributed by atoms with Gasteiger partial charge in [0.05, 0.1) is 0 Å². The van der Waals surface area contributed by atoms with Crippen LogP contribution < -0.4 is 11.2 Å². The van der Waals surface area contributed by atoms with Crippen molar-refractivity contribution in [1.82, 2.24) is 19.7 Å². The third-order valence-electron chi connectivity index (χ3n) is 4.02. The average Bonchev–Trinajstić information content (AvgIpc) is 3.04. The summed E-state index contributed by atoms with van der Waals surface area (Å²) in [5.74, 6) is 0.750. The highest BCUT2D eigenvalue weighted by Crippen LogP contribution is 2.11. The maximum Gasteiger partial charge on any atom is 0.329 e. The first-order chi connectivity index (χ1) is 11.9. The summed E-state index contributed by atoms with van der Waals surface area (Å²) in [4.78, 5) is 31.1. The minimum atomic E-state index is -0.492. The molecule has 0 aliphatic carbocycles. The van der Waals surface area contributed by atoms with E-state index in [0.717, 1.165) is 16.6 Å². The number of benzene rings is 1. The van der Waals surface area contributed by atoms with Crippen LogP contribution in [0.3, 0.4) is 0 Å². The van der Waals surface area contributed by atoms with Crippen LogP contribution in [0.25, 0.3) is 0 Å². The van der Waals surface area contributed by atoms with Crippen molar-refractivity contribution < 1.29 is 4.52 Å². The molecule has 0 aliphatic rings. The molecule has 7 nitrogen and oxygen atoms in total. The minimum Gasteiger partial charge on any atom is -0.337 e. The Bertz CT molecular complexity index is 1000. The Morgan fingerprint density at radius 1 is 1.16 bits per heavy atom. The number of hydrogen-bond acceptors (Lipinski definition) is 5. The van der Waals surface area contributed by atoms with Gasteiger partial charge in [0, 0.05) is 22.7 Å². The van der Waals surface area contributed by atoms with Gasteiger partial charge in [0.15, 0.2) is 5.82 Å². The summed E-state index contributed by atoms with van der Waals surface area (Å²) in [7, 11) is 0. The Labute approximate surface area is 148 Å². The number of rotatable bonds is 5.